The maximum Gasteiger partial charge on any atom is 0.274 e. The van der Waals surface area contributed by atoms with Crippen molar-refractivity contribution in [2.24, 2.45) is 0 Å². The van der Waals surface area contributed by atoms with Gasteiger partial charge < -0.3 is 10.6 Å². The average molecular weight is 399 g/mol. The van der Waals surface area contributed by atoms with Gasteiger partial charge in [-0.25, -0.2) is 9.37 Å². The molecule has 3 N–H and O–H groups in total. The molecule has 0 atom stereocenters. The van der Waals surface area contributed by atoms with E-state index in [4.69, 9.17) is 11.6 Å². The first kappa shape index (κ1) is 18.0. The lowest BCUT2D eigenvalue weighted by Crippen LogP contribution is -2.17. The van der Waals surface area contributed by atoms with Crippen LogP contribution in [0.1, 0.15) is 11.3 Å². The Kier molecular flexibility index (Phi) is 4.94. The lowest BCUT2D eigenvalue weighted by atomic mass is 10.2. The molecule has 0 spiro atoms. The van der Waals surface area contributed by atoms with E-state index in [0.717, 1.165) is 11.3 Å². The third-order valence-electron chi connectivity index (χ3n) is 4.07. The van der Waals surface area contributed by atoms with Gasteiger partial charge in [-0.2, -0.15) is 9.50 Å². The molecule has 0 saturated carbocycles. The molecule has 0 unspecified atom stereocenters. The van der Waals surface area contributed by atoms with Crippen LogP contribution in [0.2, 0.25) is 5.02 Å². The van der Waals surface area contributed by atoms with E-state index >= 15 is 0 Å². The summed E-state index contributed by atoms with van der Waals surface area (Å²) in [5.41, 5.74) is 2.02. The van der Waals surface area contributed by atoms with E-state index in [1.165, 1.54) is 22.7 Å². The Balaban J connectivity index is 1.47. The number of H-pyrrole nitrogens is 1. The first-order valence-electron chi connectivity index (χ1n) is 8.53. The zero-order valence-corrected chi connectivity index (χ0v) is 15.4. The van der Waals surface area contributed by atoms with E-state index in [2.05, 4.69) is 25.7 Å². The van der Waals surface area contributed by atoms with Crippen molar-refractivity contribution in [3.05, 3.63) is 87.0 Å². The molecule has 2 aromatic carbocycles. The van der Waals surface area contributed by atoms with Crippen LogP contribution < -0.4 is 16.2 Å². The molecule has 0 bridgehead atoms. The highest BCUT2D eigenvalue weighted by atomic mass is 35.5. The highest BCUT2D eigenvalue weighted by Gasteiger charge is 2.08. The number of nitrogens with zero attached hydrogens (tertiary/aromatic N) is 3. The molecule has 0 aliphatic rings. The van der Waals surface area contributed by atoms with Crippen molar-refractivity contribution >= 4 is 29.0 Å². The van der Waals surface area contributed by atoms with Crippen LogP contribution in [-0.2, 0) is 13.1 Å². The van der Waals surface area contributed by atoms with Crippen molar-refractivity contribution in [1.82, 2.24) is 19.6 Å². The number of anilines is 2. The summed E-state index contributed by atoms with van der Waals surface area (Å²) in [5, 5.41) is 9.77. The summed E-state index contributed by atoms with van der Waals surface area (Å²) in [4.78, 5) is 21.0. The van der Waals surface area contributed by atoms with Crippen LogP contribution in [0, 0.1) is 5.82 Å². The summed E-state index contributed by atoms with van der Waals surface area (Å²) >= 11 is 5.88. The van der Waals surface area contributed by atoms with Gasteiger partial charge in [0.05, 0.1) is 12.2 Å². The molecule has 0 aliphatic carbocycles. The molecule has 0 fully saturated rings. The summed E-state index contributed by atoms with van der Waals surface area (Å²) < 4.78 is 14.2. The molecule has 7 nitrogen and oxygen atoms in total. The highest BCUT2D eigenvalue weighted by molar-refractivity contribution is 6.30. The van der Waals surface area contributed by atoms with Gasteiger partial charge in [0, 0.05) is 23.3 Å². The summed E-state index contributed by atoms with van der Waals surface area (Å²) in [6, 6.07) is 14.8. The van der Waals surface area contributed by atoms with E-state index in [0.29, 0.717) is 29.8 Å². The van der Waals surface area contributed by atoms with Crippen molar-refractivity contribution < 1.29 is 4.39 Å². The van der Waals surface area contributed by atoms with Crippen molar-refractivity contribution in [1.29, 1.82) is 0 Å². The summed E-state index contributed by atoms with van der Waals surface area (Å²) in [6.07, 6.45) is 0. The lowest BCUT2D eigenvalue weighted by molar-refractivity contribution is 0.628. The minimum absolute atomic E-state index is 0.266. The summed E-state index contributed by atoms with van der Waals surface area (Å²) in [5.74, 6) is 0.392. The second-order valence-corrected chi connectivity index (χ2v) is 6.57. The fraction of sp³-hybridized carbons (Fsp3) is 0.105. The Bertz CT molecular complexity index is 1150. The van der Waals surface area contributed by atoms with Crippen LogP contribution in [0.15, 0.2) is 59.4 Å². The minimum Gasteiger partial charge on any atom is -0.379 e. The molecule has 9 heteroatoms. The number of halogens is 2. The number of aromatic nitrogens is 4. The molecular weight excluding hydrogens is 383 g/mol. The van der Waals surface area contributed by atoms with Gasteiger partial charge in [0.2, 0.25) is 5.95 Å². The van der Waals surface area contributed by atoms with Gasteiger partial charge in [-0.05, 0) is 42.0 Å². The zero-order chi connectivity index (χ0) is 19.5. The molecule has 28 heavy (non-hydrogen) atoms. The third kappa shape index (κ3) is 4.12. The monoisotopic (exact) mass is 398 g/mol. The third-order valence-corrected chi connectivity index (χ3v) is 4.33. The molecular formula is C19H16ClFN6O. The molecule has 0 saturated heterocycles. The maximum absolute atomic E-state index is 13.0. The van der Waals surface area contributed by atoms with E-state index in [-0.39, 0.29) is 17.2 Å². The number of aromatic amines is 1. The molecule has 0 aliphatic heterocycles. The number of benzene rings is 2. The van der Waals surface area contributed by atoms with Gasteiger partial charge in [0.1, 0.15) is 5.82 Å². The van der Waals surface area contributed by atoms with Gasteiger partial charge in [-0.1, -0.05) is 23.7 Å². The van der Waals surface area contributed by atoms with Crippen molar-refractivity contribution in [2.75, 3.05) is 10.6 Å². The molecule has 2 heterocycles. The Morgan fingerprint density at radius 1 is 1.00 bits per heavy atom. The van der Waals surface area contributed by atoms with Crippen molar-refractivity contribution in [2.45, 2.75) is 13.1 Å². The Morgan fingerprint density at radius 2 is 1.75 bits per heavy atom. The predicted octanol–water partition coefficient (Wildman–Crippen LogP) is 3.43. The number of fused-ring (bicyclic) bond motifs is 1. The largest absolute Gasteiger partial charge is 0.379 e. The molecule has 4 rings (SSSR count). The fourth-order valence-corrected chi connectivity index (χ4v) is 2.77. The Labute approximate surface area is 164 Å². The zero-order valence-electron chi connectivity index (χ0n) is 14.6. The second-order valence-electron chi connectivity index (χ2n) is 6.13. The number of hydrogen-bond donors (Lipinski definition) is 3. The van der Waals surface area contributed by atoms with Crippen LogP contribution in [0.5, 0.6) is 0 Å². The predicted molar refractivity (Wildman–Crippen MR) is 106 cm³/mol. The number of rotatable bonds is 6. The maximum atomic E-state index is 13.0. The van der Waals surface area contributed by atoms with Crippen LogP contribution in [0.4, 0.5) is 16.0 Å². The van der Waals surface area contributed by atoms with Crippen LogP contribution in [0.3, 0.4) is 0 Å². The smallest absolute Gasteiger partial charge is 0.274 e. The van der Waals surface area contributed by atoms with Gasteiger partial charge in [0.15, 0.2) is 0 Å². The number of nitrogens with one attached hydrogen (secondary N) is 3. The molecule has 2 aromatic heterocycles. The average Bonchev–Trinajstić information content (AvgIpc) is 3.11. The summed E-state index contributed by atoms with van der Waals surface area (Å²) in [6.45, 7) is 0.836. The Morgan fingerprint density at radius 3 is 2.50 bits per heavy atom. The standard InChI is InChI=1S/C19H16ClFN6O/c20-13-3-1-12(2-4-13)10-23-18-25-19-24-16(9-17(28)27(19)26-18)11-22-15-7-5-14(21)6-8-15/h1-9,22H,10-11H2,(H2,23,24,25,26). The van der Waals surface area contributed by atoms with E-state index in [1.54, 1.807) is 12.1 Å². The molecule has 0 radical (unpaired) electrons. The normalized spacial score (nSPS) is 10.9. The topological polar surface area (TPSA) is 87.1 Å². The molecule has 142 valence electrons. The quantitative estimate of drug-likeness (QED) is 0.463. The van der Waals surface area contributed by atoms with Crippen LogP contribution >= 0.6 is 11.6 Å². The van der Waals surface area contributed by atoms with E-state index in [9.17, 15) is 9.18 Å². The SMILES string of the molecule is O=c1cc(CNc2ccc(F)cc2)nc2nc(NCc3ccc(Cl)cc3)[nH]n12. The first-order chi connectivity index (χ1) is 13.6. The minimum atomic E-state index is -0.307. The first-order valence-corrected chi connectivity index (χ1v) is 8.91. The highest BCUT2D eigenvalue weighted by Crippen LogP contribution is 2.12. The van der Waals surface area contributed by atoms with Crippen LogP contribution in [-0.4, -0.2) is 19.6 Å². The molecule has 0 amide bonds. The fourth-order valence-electron chi connectivity index (χ4n) is 2.65. The van der Waals surface area contributed by atoms with E-state index in [1.807, 2.05) is 24.3 Å². The van der Waals surface area contributed by atoms with E-state index < -0.39 is 0 Å². The van der Waals surface area contributed by atoms with Crippen molar-refractivity contribution in [3.8, 4) is 0 Å². The summed E-state index contributed by atoms with van der Waals surface area (Å²) in [7, 11) is 0. The second kappa shape index (κ2) is 7.69. The lowest BCUT2D eigenvalue weighted by Gasteiger charge is -2.05. The van der Waals surface area contributed by atoms with Gasteiger partial charge in [-0.3, -0.25) is 9.89 Å². The van der Waals surface area contributed by atoms with Crippen molar-refractivity contribution in [3.63, 3.8) is 0 Å². The number of hydrogen-bond acceptors (Lipinski definition) is 5. The van der Waals surface area contributed by atoms with Gasteiger partial charge in [0.25, 0.3) is 11.3 Å². The van der Waals surface area contributed by atoms with Gasteiger partial charge >= 0.3 is 0 Å². The molecule has 4 aromatic rings. The van der Waals surface area contributed by atoms with Crippen LogP contribution in [0.25, 0.3) is 5.78 Å². The Hall–Kier alpha value is -3.39. The van der Waals surface area contributed by atoms with Gasteiger partial charge in [-0.15, -0.1) is 0 Å².